The maximum absolute atomic E-state index is 13.4. The quantitative estimate of drug-likeness (QED) is 0.836. The molecule has 2 nitrogen and oxygen atoms in total. The SMILES string of the molecule is CCCC(OC)C(N)c1ccc(C)c(F)c1. The first-order valence-electron chi connectivity index (χ1n) is 5.64. The monoisotopic (exact) mass is 225 g/mol. The lowest BCUT2D eigenvalue weighted by atomic mass is 9.98. The molecule has 0 aromatic heterocycles. The van der Waals surface area contributed by atoms with Crippen LogP contribution < -0.4 is 5.73 Å². The standard InChI is InChI=1S/C13H20FNO/c1-4-5-12(16-3)13(15)10-7-6-9(2)11(14)8-10/h6-8,12-13H,4-5,15H2,1-3H3. The first-order valence-corrected chi connectivity index (χ1v) is 5.64. The van der Waals surface area contributed by atoms with Crippen LogP contribution in [0.4, 0.5) is 4.39 Å². The lowest BCUT2D eigenvalue weighted by Crippen LogP contribution is -2.28. The van der Waals surface area contributed by atoms with Gasteiger partial charge in [0.2, 0.25) is 0 Å². The van der Waals surface area contributed by atoms with Gasteiger partial charge in [-0.2, -0.15) is 0 Å². The lowest BCUT2D eigenvalue weighted by Gasteiger charge is -2.22. The van der Waals surface area contributed by atoms with Gasteiger partial charge in [0.15, 0.2) is 0 Å². The van der Waals surface area contributed by atoms with Gasteiger partial charge in [-0.3, -0.25) is 0 Å². The van der Waals surface area contributed by atoms with E-state index in [0.29, 0.717) is 5.56 Å². The predicted molar refractivity (Wildman–Crippen MR) is 63.8 cm³/mol. The molecule has 0 saturated carbocycles. The van der Waals surface area contributed by atoms with Crippen molar-refractivity contribution >= 4 is 0 Å². The van der Waals surface area contributed by atoms with Crippen LogP contribution in [0.1, 0.15) is 36.9 Å². The number of halogens is 1. The van der Waals surface area contributed by atoms with Crippen molar-refractivity contribution in [2.24, 2.45) is 5.73 Å². The van der Waals surface area contributed by atoms with Crippen molar-refractivity contribution in [2.75, 3.05) is 7.11 Å². The molecule has 1 aromatic rings. The third-order valence-electron chi connectivity index (χ3n) is 2.86. The third kappa shape index (κ3) is 3.03. The largest absolute Gasteiger partial charge is 0.379 e. The number of ether oxygens (including phenoxy) is 1. The molecule has 0 saturated heterocycles. The molecule has 1 aromatic carbocycles. The van der Waals surface area contributed by atoms with Gasteiger partial charge in [-0.1, -0.05) is 25.5 Å². The summed E-state index contributed by atoms with van der Waals surface area (Å²) in [6.45, 7) is 3.82. The minimum Gasteiger partial charge on any atom is -0.379 e. The minimum atomic E-state index is -0.264. The highest BCUT2D eigenvalue weighted by Crippen LogP contribution is 2.21. The second-order valence-electron chi connectivity index (χ2n) is 4.10. The van der Waals surface area contributed by atoms with Crippen LogP contribution in [0.5, 0.6) is 0 Å². The maximum atomic E-state index is 13.4. The number of nitrogens with two attached hydrogens (primary N) is 1. The van der Waals surface area contributed by atoms with Gasteiger partial charge >= 0.3 is 0 Å². The van der Waals surface area contributed by atoms with Crippen LogP contribution >= 0.6 is 0 Å². The Morgan fingerprint density at radius 1 is 1.44 bits per heavy atom. The van der Waals surface area contributed by atoms with Crippen molar-refractivity contribution in [1.82, 2.24) is 0 Å². The Morgan fingerprint density at radius 3 is 2.62 bits per heavy atom. The average molecular weight is 225 g/mol. The fourth-order valence-corrected chi connectivity index (χ4v) is 1.76. The van der Waals surface area contributed by atoms with Gasteiger partial charge in [0.1, 0.15) is 5.82 Å². The molecule has 0 aliphatic carbocycles. The van der Waals surface area contributed by atoms with E-state index >= 15 is 0 Å². The van der Waals surface area contributed by atoms with E-state index < -0.39 is 0 Å². The van der Waals surface area contributed by atoms with Gasteiger partial charge < -0.3 is 10.5 Å². The summed E-state index contributed by atoms with van der Waals surface area (Å²) in [6, 6.07) is 4.86. The highest BCUT2D eigenvalue weighted by Gasteiger charge is 2.18. The van der Waals surface area contributed by atoms with Crippen molar-refractivity contribution in [1.29, 1.82) is 0 Å². The Kier molecular flexibility index (Phi) is 4.90. The van der Waals surface area contributed by atoms with E-state index in [1.807, 2.05) is 6.07 Å². The fraction of sp³-hybridized carbons (Fsp3) is 0.538. The molecule has 0 fully saturated rings. The smallest absolute Gasteiger partial charge is 0.126 e. The van der Waals surface area contributed by atoms with Crippen LogP contribution in [-0.2, 0) is 4.74 Å². The van der Waals surface area contributed by atoms with Gasteiger partial charge in [-0.15, -0.1) is 0 Å². The Morgan fingerprint density at radius 2 is 2.12 bits per heavy atom. The van der Waals surface area contributed by atoms with Crippen molar-refractivity contribution in [3.63, 3.8) is 0 Å². The van der Waals surface area contributed by atoms with Gasteiger partial charge in [-0.05, 0) is 30.5 Å². The summed E-state index contributed by atoms with van der Waals surface area (Å²) >= 11 is 0. The zero-order valence-electron chi connectivity index (χ0n) is 10.2. The summed E-state index contributed by atoms with van der Waals surface area (Å²) in [5.41, 5.74) is 7.50. The van der Waals surface area contributed by atoms with Crippen LogP contribution in [0.3, 0.4) is 0 Å². The van der Waals surface area contributed by atoms with Gasteiger partial charge in [0, 0.05) is 7.11 Å². The van der Waals surface area contributed by atoms with Crippen molar-refractivity contribution in [3.05, 3.63) is 35.1 Å². The van der Waals surface area contributed by atoms with Crippen LogP contribution in [0.2, 0.25) is 0 Å². The Balaban J connectivity index is 2.85. The van der Waals surface area contributed by atoms with E-state index in [4.69, 9.17) is 10.5 Å². The normalized spacial score (nSPS) is 14.8. The molecule has 3 heteroatoms. The second kappa shape index (κ2) is 5.97. The first-order chi connectivity index (χ1) is 7.60. The summed E-state index contributed by atoms with van der Waals surface area (Å²) in [4.78, 5) is 0. The molecule has 16 heavy (non-hydrogen) atoms. The molecule has 90 valence electrons. The second-order valence-corrected chi connectivity index (χ2v) is 4.10. The summed E-state index contributed by atoms with van der Waals surface area (Å²) < 4.78 is 18.7. The molecule has 0 spiro atoms. The molecule has 0 aliphatic heterocycles. The Hall–Kier alpha value is -0.930. The third-order valence-corrected chi connectivity index (χ3v) is 2.86. The van der Waals surface area contributed by atoms with Crippen LogP contribution in [0, 0.1) is 12.7 Å². The van der Waals surface area contributed by atoms with Crippen LogP contribution in [0.15, 0.2) is 18.2 Å². The molecule has 2 unspecified atom stereocenters. The maximum Gasteiger partial charge on any atom is 0.126 e. The highest BCUT2D eigenvalue weighted by molar-refractivity contribution is 5.26. The molecular weight excluding hydrogens is 205 g/mol. The van der Waals surface area contributed by atoms with E-state index in [9.17, 15) is 4.39 Å². The van der Waals surface area contributed by atoms with Crippen LogP contribution in [-0.4, -0.2) is 13.2 Å². The molecule has 0 radical (unpaired) electrons. The predicted octanol–water partition coefficient (Wildman–Crippen LogP) is 2.95. The van der Waals surface area contributed by atoms with E-state index in [-0.39, 0.29) is 18.0 Å². The fourth-order valence-electron chi connectivity index (χ4n) is 1.76. The van der Waals surface area contributed by atoms with Gasteiger partial charge in [0.25, 0.3) is 0 Å². The number of methoxy groups -OCH3 is 1. The Bertz CT molecular complexity index is 341. The lowest BCUT2D eigenvalue weighted by molar-refractivity contribution is 0.0724. The molecule has 0 bridgehead atoms. The molecule has 0 heterocycles. The zero-order chi connectivity index (χ0) is 12.1. The number of benzene rings is 1. The topological polar surface area (TPSA) is 35.2 Å². The molecule has 1 rings (SSSR count). The van der Waals surface area contributed by atoms with Gasteiger partial charge in [-0.25, -0.2) is 4.39 Å². The summed E-state index contributed by atoms with van der Waals surface area (Å²) in [5, 5.41) is 0. The Labute approximate surface area is 96.6 Å². The van der Waals surface area contributed by atoms with Crippen molar-refractivity contribution in [2.45, 2.75) is 38.8 Å². The van der Waals surface area contributed by atoms with E-state index in [1.165, 1.54) is 6.07 Å². The molecule has 0 aliphatic rings. The van der Waals surface area contributed by atoms with E-state index in [0.717, 1.165) is 18.4 Å². The summed E-state index contributed by atoms with van der Waals surface area (Å²) in [7, 11) is 1.64. The van der Waals surface area contributed by atoms with Crippen molar-refractivity contribution in [3.8, 4) is 0 Å². The van der Waals surface area contributed by atoms with Gasteiger partial charge in [0.05, 0.1) is 12.1 Å². The zero-order valence-corrected chi connectivity index (χ0v) is 10.2. The van der Waals surface area contributed by atoms with Crippen molar-refractivity contribution < 1.29 is 9.13 Å². The number of hydrogen-bond acceptors (Lipinski definition) is 2. The number of aryl methyl sites for hydroxylation is 1. The molecule has 0 amide bonds. The molecule has 2 atom stereocenters. The number of rotatable bonds is 5. The molecular formula is C13H20FNO. The minimum absolute atomic E-state index is 0.0490. The summed E-state index contributed by atoms with van der Waals surface area (Å²) in [5.74, 6) is -0.209. The number of hydrogen-bond donors (Lipinski definition) is 1. The van der Waals surface area contributed by atoms with E-state index in [1.54, 1.807) is 20.1 Å². The first kappa shape index (κ1) is 13.1. The summed E-state index contributed by atoms with van der Waals surface area (Å²) in [6.07, 6.45) is 1.83. The highest BCUT2D eigenvalue weighted by atomic mass is 19.1. The average Bonchev–Trinajstić information content (AvgIpc) is 2.28. The van der Waals surface area contributed by atoms with Crippen LogP contribution in [0.25, 0.3) is 0 Å². The molecule has 2 N–H and O–H groups in total. The van der Waals surface area contributed by atoms with E-state index in [2.05, 4.69) is 6.92 Å².